The van der Waals surface area contributed by atoms with Crippen LogP contribution in [0.15, 0.2) is 24.3 Å². The van der Waals surface area contributed by atoms with E-state index < -0.39 is 0 Å². The van der Waals surface area contributed by atoms with Crippen LogP contribution in [0.5, 0.6) is 0 Å². The number of likely N-dealkylation sites (tertiary alicyclic amines) is 1. The van der Waals surface area contributed by atoms with E-state index in [9.17, 15) is 9.59 Å². The second-order valence-electron chi connectivity index (χ2n) is 8.56. The zero-order chi connectivity index (χ0) is 19.6. The average molecular weight is 371 g/mol. The molecule has 1 saturated carbocycles. The Labute approximate surface area is 163 Å². The van der Waals surface area contributed by atoms with Crippen molar-refractivity contribution in [2.45, 2.75) is 58.8 Å². The summed E-state index contributed by atoms with van der Waals surface area (Å²) < 4.78 is 0. The zero-order valence-corrected chi connectivity index (χ0v) is 17.2. The number of piperidine rings is 1. The summed E-state index contributed by atoms with van der Waals surface area (Å²) >= 11 is 0. The van der Waals surface area contributed by atoms with Gasteiger partial charge >= 0.3 is 0 Å². The molecule has 1 aliphatic carbocycles. The average Bonchev–Trinajstić information content (AvgIpc) is 3.17. The van der Waals surface area contributed by atoms with Crippen molar-refractivity contribution in [1.29, 1.82) is 0 Å². The fourth-order valence-corrected chi connectivity index (χ4v) is 4.59. The SMILES string of the molecule is CCC[C@H](CNC(=O)CC)C(=O)N1C[C@@H]2C(c3ccc(C(C)C)cc3)[C@@H]2C1. The highest BCUT2D eigenvalue weighted by Gasteiger charge is 2.57. The van der Waals surface area contributed by atoms with Crippen molar-refractivity contribution in [1.82, 2.24) is 10.2 Å². The maximum Gasteiger partial charge on any atom is 0.227 e. The first-order valence-electron chi connectivity index (χ1n) is 10.6. The lowest BCUT2D eigenvalue weighted by Gasteiger charge is -2.26. The third-order valence-corrected chi connectivity index (χ3v) is 6.35. The lowest BCUT2D eigenvalue weighted by Crippen LogP contribution is -2.41. The van der Waals surface area contributed by atoms with Crippen LogP contribution in [0, 0.1) is 17.8 Å². The van der Waals surface area contributed by atoms with E-state index in [4.69, 9.17) is 0 Å². The van der Waals surface area contributed by atoms with E-state index in [0.717, 1.165) is 25.9 Å². The van der Waals surface area contributed by atoms with Gasteiger partial charge in [0, 0.05) is 26.1 Å². The Kier molecular flexibility index (Phi) is 6.23. The molecule has 0 bridgehead atoms. The third-order valence-electron chi connectivity index (χ3n) is 6.35. The fourth-order valence-electron chi connectivity index (χ4n) is 4.59. The molecule has 4 heteroatoms. The van der Waals surface area contributed by atoms with Crippen molar-refractivity contribution in [3.8, 4) is 0 Å². The van der Waals surface area contributed by atoms with Gasteiger partial charge in [-0.05, 0) is 41.2 Å². The van der Waals surface area contributed by atoms with Gasteiger partial charge in [-0.1, -0.05) is 58.4 Å². The smallest absolute Gasteiger partial charge is 0.227 e. The molecular weight excluding hydrogens is 336 g/mol. The van der Waals surface area contributed by atoms with Crippen LogP contribution in [-0.4, -0.2) is 36.3 Å². The monoisotopic (exact) mass is 370 g/mol. The molecule has 27 heavy (non-hydrogen) atoms. The van der Waals surface area contributed by atoms with Crippen LogP contribution in [0.25, 0.3) is 0 Å². The first kappa shape index (κ1) is 19.9. The highest BCUT2D eigenvalue weighted by atomic mass is 16.2. The lowest BCUT2D eigenvalue weighted by molar-refractivity contribution is -0.135. The minimum absolute atomic E-state index is 0.0260. The van der Waals surface area contributed by atoms with Crippen molar-refractivity contribution in [2.75, 3.05) is 19.6 Å². The number of benzene rings is 1. The molecule has 1 unspecified atom stereocenters. The lowest BCUT2D eigenvalue weighted by atomic mass is 9.98. The standard InChI is InChI=1S/C23H34N2O2/c1-5-7-18(12-24-21(26)6-2)23(27)25-13-19-20(14-25)22(19)17-10-8-16(9-11-17)15(3)4/h8-11,15,18-20,22H,5-7,12-14H2,1-4H3,(H,24,26)/t18-,19-,20+,22?/m1/s1. The maximum absolute atomic E-state index is 12.9. The van der Waals surface area contributed by atoms with E-state index in [1.54, 1.807) is 0 Å². The van der Waals surface area contributed by atoms with Gasteiger partial charge in [-0.15, -0.1) is 0 Å². The van der Waals surface area contributed by atoms with Crippen LogP contribution in [-0.2, 0) is 9.59 Å². The van der Waals surface area contributed by atoms with Crippen molar-refractivity contribution >= 4 is 11.8 Å². The number of carbonyl (C=O) groups excluding carboxylic acids is 2. The molecule has 1 aromatic carbocycles. The Balaban J connectivity index is 1.54. The summed E-state index contributed by atoms with van der Waals surface area (Å²) in [6.07, 6.45) is 2.27. The van der Waals surface area contributed by atoms with E-state index in [0.29, 0.717) is 36.6 Å². The van der Waals surface area contributed by atoms with E-state index in [1.807, 2.05) is 11.8 Å². The van der Waals surface area contributed by atoms with Crippen molar-refractivity contribution < 1.29 is 9.59 Å². The molecule has 2 amide bonds. The van der Waals surface area contributed by atoms with Crippen molar-refractivity contribution in [2.24, 2.45) is 17.8 Å². The molecule has 0 spiro atoms. The summed E-state index contributed by atoms with van der Waals surface area (Å²) in [6.45, 7) is 10.6. The van der Waals surface area contributed by atoms with Crippen LogP contribution in [0.3, 0.4) is 0 Å². The highest BCUT2D eigenvalue weighted by Crippen LogP contribution is 2.58. The first-order chi connectivity index (χ1) is 13.0. The Bertz CT molecular complexity index is 655. The Morgan fingerprint density at radius 1 is 1.11 bits per heavy atom. The third kappa shape index (κ3) is 4.36. The van der Waals surface area contributed by atoms with Crippen LogP contribution < -0.4 is 5.32 Å². The van der Waals surface area contributed by atoms with Gasteiger partial charge in [-0.25, -0.2) is 0 Å². The number of carbonyl (C=O) groups is 2. The summed E-state index contributed by atoms with van der Waals surface area (Å²) in [6, 6.07) is 9.07. The Morgan fingerprint density at radius 3 is 2.26 bits per heavy atom. The van der Waals surface area contributed by atoms with Gasteiger partial charge < -0.3 is 10.2 Å². The molecule has 0 radical (unpaired) electrons. The predicted octanol–water partition coefficient (Wildman–Crippen LogP) is 3.92. The summed E-state index contributed by atoms with van der Waals surface area (Å²) in [5.41, 5.74) is 2.82. The van der Waals surface area contributed by atoms with Gasteiger partial charge in [0.05, 0.1) is 5.92 Å². The molecule has 1 N–H and O–H groups in total. The van der Waals surface area contributed by atoms with Crippen molar-refractivity contribution in [3.63, 3.8) is 0 Å². The largest absolute Gasteiger partial charge is 0.355 e. The molecule has 4 nitrogen and oxygen atoms in total. The van der Waals surface area contributed by atoms with Crippen LogP contribution in [0.1, 0.15) is 69.9 Å². The molecule has 148 valence electrons. The molecule has 0 aromatic heterocycles. The Morgan fingerprint density at radius 2 is 1.74 bits per heavy atom. The van der Waals surface area contributed by atoms with Crippen LogP contribution in [0.2, 0.25) is 0 Å². The Hall–Kier alpha value is -1.84. The first-order valence-corrected chi connectivity index (χ1v) is 10.6. The number of amides is 2. The van der Waals surface area contributed by atoms with Gasteiger partial charge in [-0.2, -0.15) is 0 Å². The van der Waals surface area contributed by atoms with E-state index in [2.05, 4.69) is 50.4 Å². The molecule has 1 saturated heterocycles. The van der Waals surface area contributed by atoms with Gasteiger partial charge in [0.15, 0.2) is 0 Å². The van der Waals surface area contributed by atoms with E-state index in [-0.39, 0.29) is 17.7 Å². The van der Waals surface area contributed by atoms with Crippen molar-refractivity contribution in [3.05, 3.63) is 35.4 Å². The van der Waals surface area contributed by atoms with Gasteiger partial charge in [0.25, 0.3) is 0 Å². The number of nitrogens with one attached hydrogen (secondary N) is 1. The predicted molar refractivity (Wildman–Crippen MR) is 109 cm³/mol. The number of hydrogen-bond acceptors (Lipinski definition) is 2. The van der Waals surface area contributed by atoms with Gasteiger partial charge in [0.1, 0.15) is 0 Å². The molecule has 2 fully saturated rings. The summed E-state index contributed by atoms with van der Waals surface area (Å²) in [5, 5.41) is 2.91. The molecule has 1 aliphatic heterocycles. The minimum Gasteiger partial charge on any atom is -0.355 e. The van der Waals surface area contributed by atoms with Crippen LogP contribution in [0.4, 0.5) is 0 Å². The minimum atomic E-state index is -0.0771. The molecular formula is C23H34N2O2. The van der Waals surface area contributed by atoms with E-state index in [1.165, 1.54) is 11.1 Å². The molecule has 1 aromatic rings. The number of rotatable bonds is 8. The van der Waals surface area contributed by atoms with Gasteiger partial charge in [0.2, 0.25) is 11.8 Å². The maximum atomic E-state index is 12.9. The quantitative estimate of drug-likeness (QED) is 0.754. The number of hydrogen-bond donors (Lipinski definition) is 1. The molecule has 2 aliphatic rings. The normalized spacial score (nSPS) is 24.6. The molecule has 1 heterocycles. The number of fused-ring (bicyclic) bond motifs is 1. The second kappa shape index (κ2) is 8.45. The summed E-state index contributed by atoms with van der Waals surface area (Å²) in [4.78, 5) is 26.5. The van der Waals surface area contributed by atoms with Gasteiger partial charge in [-0.3, -0.25) is 9.59 Å². The molecule has 3 rings (SSSR count). The number of nitrogens with zero attached hydrogens (tertiary/aromatic N) is 1. The fraction of sp³-hybridized carbons (Fsp3) is 0.652. The second-order valence-corrected chi connectivity index (χ2v) is 8.56. The topological polar surface area (TPSA) is 49.4 Å². The highest BCUT2D eigenvalue weighted by molar-refractivity contribution is 5.81. The summed E-state index contributed by atoms with van der Waals surface area (Å²) in [7, 11) is 0. The molecule has 4 atom stereocenters. The summed E-state index contributed by atoms with van der Waals surface area (Å²) in [5.74, 6) is 2.60. The zero-order valence-electron chi connectivity index (χ0n) is 17.2. The van der Waals surface area contributed by atoms with E-state index >= 15 is 0 Å². The van der Waals surface area contributed by atoms with Crippen LogP contribution >= 0.6 is 0 Å².